The van der Waals surface area contributed by atoms with Gasteiger partial charge >= 0.3 is 0 Å². The van der Waals surface area contributed by atoms with E-state index in [1.807, 2.05) is 0 Å². The van der Waals surface area contributed by atoms with Crippen molar-refractivity contribution in [2.45, 2.75) is 19.8 Å². The molecule has 1 N–H and O–H groups in total. The lowest BCUT2D eigenvalue weighted by Crippen LogP contribution is -2.31. The molecule has 0 atom stereocenters. The Labute approximate surface area is 109 Å². The summed E-state index contributed by atoms with van der Waals surface area (Å²) in [6.07, 6.45) is 2.24. The van der Waals surface area contributed by atoms with E-state index >= 15 is 0 Å². The maximum absolute atomic E-state index is 13.5. The highest BCUT2D eigenvalue weighted by molar-refractivity contribution is 9.09. The zero-order chi connectivity index (χ0) is 12.5. The van der Waals surface area contributed by atoms with Gasteiger partial charge in [-0.3, -0.25) is 4.79 Å². The summed E-state index contributed by atoms with van der Waals surface area (Å²) in [7, 11) is 0. The van der Waals surface area contributed by atoms with Gasteiger partial charge in [0.15, 0.2) is 0 Å². The van der Waals surface area contributed by atoms with Crippen LogP contribution in [0, 0.1) is 18.2 Å². The Balaban J connectivity index is 2.00. The average molecular weight is 300 g/mol. The first-order valence-electron chi connectivity index (χ1n) is 5.67. The zero-order valence-electron chi connectivity index (χ0n) is 9.72. The van der Waals surface area contributed by atoms with E-state index < -0.39 is 5.82 Å². The molecular weight excluding hydrogens is 285 g/mol. The summed E-state index contributed by atoms with van der Waals surface area (Å²) < 4.78 is 13.5. The van der Waals surface area contributed by atoms with Crippen LogP contribution in [0.3, 0.4) is 0 Å². The van der Waals surface area contributed by atoms with Crippen LogP contribution in [0.25, 0.3) is 0 Å². The number of benzene rings is 1. The molecule has 1 aromatic rings. The predicted molar refractivity (Wildman–Crippen MR) is 68.9 cm³/mol. The molecule has 1 aliphatic carbocycles. The molecule has 0 aliphatic heterocycles. The van der Waals surface area contributed by atoms with E-state index in [9.17, 15) is 9.18 Å². The smallest absolute Gasteiger partial charge is 0.254 e. The minimum atomic E-state index is -0.453. The van der Waals surface area contributed by atoms with Crippen LogP contribution >= 0.6 is 15.9 Å². The van der Waals surface area contributed by atoms with Gasteiger partial charge in [0.05, 0.1) is 5.56 Å². The monoisotopic (exact) mass is 299 g/mol. The van der Waals surface area contributed by atoms with E-state index in [2.05, 4.69) is 21.2 Å². The summed E-state index contributed by atoms with van der Waals surface area (Å²) in [4.78, 5) is 11.8. The molecular formula is C13H15BrFNO. The first-order chi connectivity index (χ1) is 8.06. The molecule has 1 fully saturated rings. The summed E-state index contributed by atoms with van der Waals surface area (Å²) >= 11 is 3.44. The molecule has 1 aromatic carbocycles. The van der Waals surface area contributed by atoms with E-state index in [0.29, 0.717) is 6.54 Å². The van der Waals surface area contributed by atoms with Gasteiger partial charge in [-0.1, -0.05) is 22.0 Å². The van der Waals surface area contributed by atoms with Gasteiger partial charge in [-0.2, -0.15) is 0 Å². The molecule has 0 bridgehead atoms. The Morgan fingerprint density at radius 2 is 2.24 bits per heavy atom. The van der Waals surface area contributed by atoms with Crippen LogP contribution in [0.4, 0.5) is 4.39 Å². The highest BCUT2D eigenvalue weighted by Gasteiger charge is 2.41. The number of halogens is 2. The molecule has 0 spiro atoms. The molecule has 4 heteroatoms. The normalized spacial score (nSPS) is 16.6. The van der Waals surface area contributed by atoms with Crippen LogP contribution in [0.1, 0.15) is 28.8 Å². The van der Waals surface area contributed by atoms with Gasteiger partial charge in [-0.05, 0) is 42.9 Å². The Hall–Kier alpha value is -0.900. The van der Waals surface area contributed by atoms with Crippen LogP contribution in [-0.2, 0) is 0 Å². The maximum atomic E-state index is 13.5. The number of amides is 1. The van der Waals surface area contributed by atoms with Crippen LogP contribution < -0.4 is 5.32 Å². The lowest BCUT2D eigenvalue weighted by atomic mass is 10.1. The number of aryl methyl sites for hydroxylation is 1. The van der Waals surface area contributed by atoms with E-state index in [-0.39, 0.29) is 16.9 Å². The molecule has 0 radical (unpaired) electrons. The first-order valence-corrected chi connectivity index (χ1v) is 6.79. The van der Waals surface area contributed by atoms with E-state index in [1.165, 1.54) is 12.1 Å². The van der Waals surface area contributed by atoms with Crippen molar-refractivity contribution in [3.8, 4) is 0 Å². The minimum Gasteiger partial charge on any atom is -0.351 e. The standard InChI is InChI=1S/C13H15BrFNO/c1-9-2-3-10(11(15)6-9)12(17)16-8-13(7-14)4-5-13/h2-3,6H,4-5,7-8H2,1H3,(H,16,17). The van der Waals surface area contributed by atoms with Crippen molar-refractivity contribution in [2.24, 2.45) is 5.41 Å². The highest BCUT2D eigenvalue weighted by Crippen LogP contribution is 2.46. The van der Waals surface area contributed by atoms with Gasteiger partial charge < -0.3 is 5.32 Å². The number of carbonyl (C=O) groups is 1. The Morgan fingerprint density at radius 1 is 1.53 bits per heavy atom. The fourth-order valence-corrected chi connectivity index (χ4v) is 2.46. The number of hydrogen-bond donors (Lipinski definition) is 1. The SMILES string of the molecule is Cc1ccc(C(=O)NCC2(CBr)CC2)c(F)c1. The molecule has 0 heterocycles. The van der Waals surface area contributed by atoms with Crippen molar-refractivity contribution in [1.82, 2.24) is 5.32 Å². The van der Waals surface area contributed by atoms with E-state index in [1.54, 1.807) is 13.0 Å². The van der Waals surface area contributed by atoms with Crippen molar-refractivity contribution < 1.29 is 9.18 Å². The number of alkyl halides is 1. The van der Waals surface area contributed by atoms with Crippen LogP contribution in [0.15, 0.2) is 18.2 Å². The molecule has 1 aliphatic rings. The number of nitrogens with one attached hydrogen (secondary N) is 1. The van der Waals surface area contributed by atoms with Crippen molar-refractivity contribution in [1.29, 1.82) is 0 Å². The molecule has 1 saturated carbocycles. The average Bonchev–Trinajstić information content (AvgIpc) is 3.07. The van der Waals surface area contributed by atoms with Crippen LogP contribution in [0.2, 0.25) is 0 Å². The fraction of sp³-hybridized carbons (Fsp3) is 0.462. The van der Waals surface area contributed by atoms with Gasteiger partial charge in [0.1, 0.15) is 5.82 Å². The Bertz CT molecular complexity index is 443. The molecule has 92 valence electrons. The highest BCUT2D eigenvalue weighted by atomic mass is 79.9. The third-order valence-electron chi connectivity index (χ3n) is 3.23. The zero-order valence-corrected chi connectivity index (χ0v) is 11.3. The van der Waals surface area contributed by atoms with Gasteiger partial charge in [0.2, 0.25) is 0 Å². The first kappa shape index (κ1) is 12.6. The maximum Gasteiger partial charge on any atom is 0.254 e. The second-order valence-corrected chi connectivity index (χ2v) is 5.36. The third kappa shape index (κ3) is 2.86. The van der Waals surface area contributed by atoms with Crippen molar-refractivity contribution in [2.75, 3.05) is 11.9 Å². The Morgan fingerprint density at radius 3 is 2.76 bits per heavy atom. The summed E-state index contributed by atoms with van der Waals surface area (Å²) in [5, 5.41) is 3.69. The second-order valence-electron chi connectivity index (χ2n) is 4.80. The summed E-state index contributed by atoms with van der Waals surface area (Å²) in [5.41, 5.74) is 1.15. The summed E-state index contributed by atoms with van der Waals surface area (Å²) in [5.74, 6) is -0.777. The van der Waals surface area contributed by atoms with E-state index in [0.717, 1.165) is 23.7 Å². The summed E-state index contributed by atoms with van der Waals surface area (Å²) in [6.45, 7) is 2.42. The topological polar surface area (TPSA) is 29.1 Å². The van der Waals surface area contributed by atoms with Crippen molar-refractivity contribution in [3.63, 3.8) is 0 Å². The molecule has 0 aromatic heterocycles. The van der Waals surface area contributed by atoms with Gasteiger partial charge in [0, 0.05) is 11.9 Å². The van der Waals surface area contributed by atoms with Crippen LogP contribution in [0.5, 0.6) is 0 Å². The summed E-state index contributed by atoms with van der Waals surface area (Å²) in [6, 6.07) is 4.66. The minimum absolute atomic E-state index is 0.126. The second kappa shape index (κ2) is 4.77. The fourth-order valence-electron chi connectivity index (χ4n) is 1.70. The molecule has 1 amide bonds. The van der Waals surface area contributed by atoms with E-state index in [4.69, 9.17) is 0 Å². The largest absolute Gasteiger partial charge is 0.351 e. The van der Waals surface area contributed by atoms with Crippen molar-refractivity contribution in [3.05, 3.63) is 35.1 Å². The molecule has 2 rings (SSSR count). The molecule has 0 unspecified atom stereocenters. The van der Waals surface area contributed by atoms with Gasteiger partial charge in [-0.25, -0.2) is 4.39 Å². The molecule has 17 heavy (non-hydrogen) atoms. The molecule has 0 saturated heterocycles. The number of rotatable bonds is 4. The van der Waals surface area contributed by atoms with Gasteiger partial charge in [0.25, 0.3) is 5.91 Å². The quantitative estimate of drug-likeness (QED) is 0.851. The van der Waals surface area contributed by atoms with Crippen molar-refractivity contribution >= 4 is 21.8 Å². The molecule has 2 nitrogen and oxygen atoms in total. The third-order valence-corrected chi connectivity index (χ3v) is 4.42. The number of hydrogen-bond acceptors (Lipinski definition) is 1. The lowest BCUT2D eigenvalue weighted by Gasteiger charge is -2.13. The lowest BCUT2D eigenvalue weighted by molar-refractivity contribution is 0.0942. The predicted octanol–water partition coefficient (Wildman–Crippen LogP) is 3.04. The van der Waals surface area contributed by atoms with Crippen LogP contribution in [-0.4, -0.2) is 17.8 Å². The Kier molecular flexibility index (Phi) is 3.52. The van der Waals surface area contributed by atoms with Gasteiger partial charge in [-0.15, -0.1) is 0 Å². The number of carbonyl (C=O) groups excluding carboxylic acids is 1.